The molecule has 93 heavy (non-hydrogen) atoms. The predicted octanol–water partition coefficient (Wildman–Crippen LogP) is 2.89. The minimum absolute atomic E-state index is 0.00118. The van der Waals surface area contributed by atoms with Crippen LogP contribution < -0.4 is 11.1 Å². The molecule has 1 aromatic heterocycles. The molecule has 41 nitrogen and oxygen atoms in total. The van der Waals surface area contributed by atoms with Crippen molar-refractivity contribution in [2.45, 2.75) is 190 Å². The van der Waals surface area contributed by atoms with Gasteiger partial charge in [-0.3, -0.25) is 73.0 Å². The molecule has 48 heteroatoms. The van der Waals surface area contributed by atoms with Crippen LogP contribution in [0.4, 0.5) is 5.82 Å². The van der Waals surface area contributed by atoms with Crippen LogP contribution in [0, 0.1) is 0 Å². The average Bonchev–Trinajstić information content (AvgIpc) is 1.64. The van der Waals surface area contributed by atoms with Crippen molar-refractivity contribution in [1.29, 1.82) is 0 Å². The summed E-state index contributed by atoms with van der Waals surface area (Å²) in [7, 11) is -35.1. The number of ether oxygens (including phenoxy) is 6. The Labute approximate surface area is 531 Å². The van der Waals surface area contributed by atoms with Gasteiger partial charge in [0, 0.05) is 58.6 Å². The standard InChI is InChI=1S/C45H78N5O36P7/c1-24-11-31(82-88(56,57)69-9-6-8-47-28(5)51)37(76-24)20-73-91(62,63)84-33-13-26(3)78-39(33)22-75-93(66,67)85-34-14-27(4)79-40(34)21-74-92(64,65)83-32-12-25(2)77-38(32)19-72-89(58,59)81-30-7-10-68-36(30)17-71-90(60,61)86-35-16-43(80-41(35)18-70-87(53,54)55)50-23-48-44-29(52)15-42(46)49-45(44)50/h23-27,30-41,43H,6-22H2,1-5H3,(H2,46,49)(H,47,51)(H,56,57)(H,58,59)(H,60,61)(H,62,63)(H,64,65)(H,66,67)(H2,53,54,55). The van der Waals surface area contributed by atoms with Gasteiger partial charge >= 0.3 is 54.8 Å². The lowest BCUT2D eigenvalue weighted by Gasteiger charge is -2.26. The van der Waals surface area contributed by atoms with E-state index in [1.54, 1.807) is 27.7 Å². The Balaban J connectivity index is 0.767. The fourth-order valence-corrected chi connectivity index (χ4v) is 16.9. The van der Waals surface area contributed by atoms with Crippen molar-refractivity contribution in [3.63, 3.8) is 0 Å². The number of nitrogens with two attached hydrogens (primary N) is 1. The second-order valence-electron chi connectivity index (χ2n) is 22.6. The molecule has 0 aliphatic carbocycles. The van der Waals surface area contributed by atoms with Crippen molar-refractivity contribution >= 4 is 78.1 Å². The lowest BCUT2D eigenvalue weighted by atomic mass is 10.1. The Hall–Kier alpha value is -1.65. The minimum atomic E-state index is -5.15. The Bertz CT molecular complexity index is 3130. The maximum atomic E-state index is 13.4. The first-order valence-corrected chi connectivity index (χ1v) is 39.5. The van der Waals surface area contributed by atoms with Gasteiger partial charge in [-0.25, -0.2) is 41.9 Å². The zero-order valence-electron chi connectivity index (χ0n) is 50.5. The molecule has 7 aliphatic rings. The quantitative estimate of drug-likeness (QED) is 0.0341. The summed E-state index contributed by atoms with van der Waals surface area (Å²) in [5.41, 5.74) is 5.76. The molecule has 8 heterocycles. The first-order valence-electron chi connectivity index (χ1n) is 29.0. The SMILES string of the molecule is CC(=O)NCCCOP(=O)(O)OC1CC(C)OC1COP(=O)(O)OC1CC(C)OC1COP(=O)(O)OC1CC(C)OC1COP(=O)(O)OC1CC(C)OC1COP(=O)(O)OC1CCOC1COP(=O)(O)OC1CC(n2cnc3c2N=C(N)CC3=O)OC1COP(=O)(O)O. The van der Waals surface area contributed by atoms with Crippen LogP contribution in [-0.2, 0) is 124 Å². The first kappa shape index (κ1) is 77.1. The third-order valence-corrected chi connectivity index (χ3v) is 21.4. The fraction of sp³-hybridized carbons (Fsp3) is 0.867. The van der Waals surface area contributed by atoms with E-state index in [0.717, 1.165) is 0 Å². The number of Topliss-reactive ketones (excluding diaryl/α,β-unsaturated/α-hetero) is 1. The van der Waals surface area contributed by atoms with Gasteiger partial charge in [0.25, 0.3) is 0 Å². The number of hydrogen-bond donors (Lipinski definition) is 10. The highest BCUT2D eigenvalue weighted by atomic mass is 31.2. The van der Waals surface area contributed by atoms with E-state index in [-0.39, 0.29) is 94.4 Å². The minimum Gasteiger partial charge on any atom is -0.387 e. The average molecular weight is 1480 g/mol. The molecule has 1 amide bonds. The number of rotatable bonds is 36. The third-order valence-electron chi connectivity index (χ3n) is 14.8. The second kappa shape index (κ2) is 32.3. The van der Waals surface area contributed by atoms with Crippen molar-refractivity contribution in [2.75, 3.05) is 59.4 Å². The topological polar surface area (TPSA) is 559 Å². The summed E-state index contributed by atoms with van der Waals surface area (Å²) in [6.45, 7) is 2.96. The maximum absolute atomic E-state index is 13.4. The molecule has 0 spiro atoms. The number of phosphoric ester groups is 7. The van der Waals surface area contributed by atoms with Gasteiger partial charge in [0.1, 0.15) is 85.3 Å². The number of nitrogens with zero attached hydrogens (tertiary/aromatic N) is 3. The maximum Gasteiger partial charge on any atom is 0.472 e. The van der Waals surface area contributed by atoms with Gasteiger partial charge in [0.05, 0.1) is 83.4 Å². The number of imidazole rings is 1. The highest BCUT2D eigenvalue weighted by Crippen LogP contribution is 2.56. The number of phosphoric acid groups is 7. The number of carbonyl (C=O) groups is 2. The number of aromatic nitrogens is 2. The molecule has 23 unspecified atom stereocenters. The zero-order valence-corrected chi connectivity index (χ0v) is 56.7. The highest BCUT2D eigenvalue weighted by Gasteiger charge is 2.49. The monoisotopic (exact) mass is 1480 g/mol. The molecule has 8 rings (SSSR count). The molecule has 0 saturated carbocycles. The Morgan fingerprint density at radius 1 is 0.548 bits per heavy atom. The molecule has 6 saturated heterocycles. The summed E-state index contributed by atoms with van der Waals surface area (Å²) in [5, 5.41) is 2.51. The van der Waals surface area contributed by atoms with Crippen molar-refractivity contribution in [3.8, 4) is 0 Å². The molecule has 534 valence electrons. The Morgan fingerprint density at radius 2 is 0.914 bits per heavy atom. The van der Waals surface area contributed by atoms with Gasteiger partial charge < -0.3 is 78.6 Å². The smallest absolute Gasteiger partial charge is 0.387 e. The zero-order chi connectivity index (χ0) is 68.1. The van der Waals surface area contributed by atoms with Crippen molar-refractivity contribution < 1.29 is 168 Å². The van der Waals surface area contributed by atoms with Crippen LogP contribution in [0.3, 0.4) is 0 Å². The van der Waals surface area contributed by atoms with E-state index in [4.69, 9.17) is 88.4 Å². The summed E-state index contributed by atoms with van der Waals surface area (Å²) in [6, 6.07) is 0. The van der Waals surface area contributed by atoms with E-state index in [1.165, 1.54) is 17.8 Å². The largest absolute Gasteiger partial charge is 0.472 e. The van der Waals surface area contributed by atoms with E-state index >= 15 is 0 Å². The number of aliphatic imine (C=N–C) groups is 1. The van der Waals surface area contributed by atoms with E-state index in [9.17, 15) is 80.7 Å². The highest BCUT2D eigenvalue weighted by molar-refractivity contribution is 7.49. The summed E-state index contributed by atoms with van der Waals surface area (Å²) in [6.07, 6.45) is -18.2. The molecule has 7 aliphatic heterocycles. The summed E-state index contributed by atoms with van der Waals surface area (Å²) < 4.78 is 194. The number of hydrogen-bond acceptors (Lipinski definition) is 31. The van der Waals surface area contributed by atoms with Gasteiger partial charge in [-0.1, -0.05) is 0 Å². The number of amides is 1. The van der Waals surface area contributed by atoms with Gasteiger partial charge in [-0.05, 0) is 34.1 Å². The van der Waals surface area contributed by atoms with Gasteiger partial charge in [-0.2, -0.15) is 0 Å². The van der Waals surface area contributed by atoms with Gasteiger partial charge in [0.2, 0.25) is 5.91 Å². The number of carbonyl (C=O) groups excluding carboxylic acids is 2. The number of nitrogens with one attached hydrogen (secondary N) is 1. The van der Waals surface area contributed by atoms with E-state index in [0.29, 0.717) is 0 Å². The summed E-state index contributed by atoms with van der Waals surface area (Å²) >= 11 is 0. The van der Waals surface area contributed by atoms with Crippen molar-refractivity contribution in [2.24, 2.45) is 10.7 Å². The van der Waals surface area contributed by atoms with Crippen LogP contribution in [0.5, 0.6) is 0 Å². The van der Waals surface area contributed by atoms with E-state index < -0.39 is 204 Å². The van der Waals surface area contributed by atoms with Crippen LogP contribution in [0.1, 0.15) is 103 Å². The van der Waals surface area contributed by atoms with Crippen LogP contribution in [0.25, 0.3) is 0 Å². The fourth-order valence-electron chi connectivity index (χ4n) is 10.8. The Morgan fingerprint density at radius 3 is 1.32 bits per heavy atom. The van der Waals surface area contributed by atoms with Gasteiger partial charge in [-0.15, -0.1) is 0 Å². The predicted molar refractivity (Wildman–Crippen MR) is 306 cm³/mol. The van der Waals surface area contributed by atoms with Crippen LogP contribution in [0.2, 0.25) is 0 Å². The van der Waals surface area contributed by atoms with Crippen LogP contribution >= 0.6 is 54.8 Å². The van der Waals surface area contributed by atoms with Gasteiger partial charge in [0.15, 0.2) is 17.3 Å². The lowest BCUT2D eigenvalue weighted by Crippen LogP contribution is -2.32. The van der Waals surface area contributed by atoms with E-state index in [1.807, 2.05) is 0 Å². The number of ketones is 1. The summed E-state index contributed by atoms with van der Waals surface area (Å²) in [4.78, 5) is 115. The molecule has 0 bridgehead atoms. The molecular formula is C45H78N5O36P7. The number of fused-ring (bicyclic) bond motifs is 1. The van der Waals surface area contributed by atoms with Crippen LogP contribution in [0.15, 0.2) is 11.3 Å². The molecule has 0 radical (unpaired) electrons. The molecule has 0 aromatic carbocycles. The van der Waals surface area contributed by atoms with Crippen molar-refractivity contribution in [1.82, 2.24) is 14.9 Å². The molecule has 11 N–H and O–H groups in total. The van der Waals surface area contributed by atoms with Crippen molar-refractivity contribution in [3.05, 3.63) is 12.0 Å². The lowest BCUT2D eigenvalue weighted by molar-refractivity contribution is -0.119. The Kier molecular flexibility index (Phi) is 26.8. The first-order chi connectivity index (χ1) is 43.3. The molecule has 1 aromatic rings. The van der Waals surface area contributed by atoms with E-state index in [2.05, 4.69) is 19.8 Å². The summed E-state index contributed by atoms with van der Waals surface area (Å²) in [5.74, 6) is -0.775. The normalized spacial score (nSPS) is 35.5. The number of amidine groups is 1. The molecule has 6 fully saturated rings. The molecule has 23 atom stereocenters. The second-order valence-corrected chi connectivity index (χ2v) is 32.3. The molecular weight excluding hydrogens is 1400 g/mol. The van der Waals surface area contributed by atoms with Crippen LogP contribution in [-0.4, -0.2) is 223 Å². The third kappa shape index (κ3) is 23.7.